The molecule has 0 spiro atoms. The van der Waals surface area contributed by atoms with Crippen LogP contribution in [0.25, 0.3) is 0 Å². The van der Waals surface area contributed by atoms with Gasteiger partial charge in [0.2, 0.25) is 11.8 Å². The molecule has 10 nitrogen and oxygen atoms in total. The van der Waals surface area contributed by atoms with E-state index in [1.807, 2.05) is 51.1 Å². The predicted molar refractivity (Wildman–Crippen MR) is 178 cm³/mol. The zero-order chi connectivity index (χ0) is 34.7. The number of phenols is 1. The monoisotopic (exact) mass is 639 g/mol. The number of unbranched alkanes of at least 4 members (excludes halogenated alkanes) is 1. The second kappa shape index (κ2) is 17.0. The molecule has 2 aromatic rings. The number of esters is 1. The number of benzene rings is 2. The van der Waals surface area contributed by atoms with E-state index in [1.165, 1.54) is 17.0 Å². The van der Waals surface area contributed by atoms with Gasteiger partial charge in [-0.15, -0.1) is 0 Å². The fourth-order valence-corrected chi connectivity index (χ4v) is 4.83. The van der Waals surface area contributed by atoms with Crippen molar-refractivity contribution in [1.29, 1.82) is 0 Å². The molecular weight excluding hydrogens is 586 g/mol. The summed E-state index contributed by atoms with van der Waals surface area (Å²) in [6.07, 6.45) is 1.05. The molecule has 3 atom stereocenters. The van der Waals surface area contributed by atoms with Crippen molar-refractivity contribution in [1.82, 2.24) is 15.5 Å². The van der Waals surface area contributed by atoms with Gasteiger partial charge in [-0.25, -0.2) is 9.59 Å². The number of amides is 3. The highest BCUT2D eigenvalue weighted by Gasteiger charge is 2.38. The lowest BCUT2D eigenvalue weighted by molar-refractivity contribution is -0.159. The molecule has 10 heteroatoms. The van der Waals surface area contributed by atoms with E-state index in [9.17, 15) is 24.3 Å². The zero-order valence-corrected chi connectivity index (χ0v) is 28.9. The Morgan fingerprint density at radius 3 is 1.93 bits per heavy atom. The minimum Gasteiger partial charge on any atom is -0.508 e. The van der Waals surface area contributed by atoms with Gasteiger partial charge >= 0.3 is 12.1 Å². The molecule has 0 radical (unpaired) electrons. The molecule has 254 valence electrons. The van der Waals surface area contributed by atoms with Gasteiger partial charge < -0.3 is 30.1 Å². The minimum atomic E-state index is -1.18. The Labute approximate surface area is 274 Å². The standard InChI is InChI=1S/C36H53N3O7/c1-10-11-21-39(32(42)28(22-24(2)3)38-34(44)46-36(7,8)9)30(26-17-19-27(40)20-18-26)31(41)37-29(33(43)45-35(4,5)6)23-25-15-13-12-14-16-25/h12-20,24,28-30,40H,10-11,21-23H2,1-9H3,(H,37,41)(H,38,44). The lowest BCUT2D eigenvalue weighted by Gasteiger charge is -2.35. The molecule has 3 amide bonds. The number of rotatable bonds is 14. The molecule has 3 N–H and O–H groups in total. The summed E-state index contributed by atoms with van der Waals surface area (Å²) in [4.78, 5) is 56.5. The molecule has 0 aliphatic rings. The second-order valence-electron chi connectivity index (χ2n) is 14.0. The van der Waals surface area contributed by atoms with Gasteiger partial charge in [-0.3, -0.25) is 9.59 Å². The summed E-state index contributed by atoms with van der Waals surface area (Å²) in [6.45, 7) is 16.5. The number of carbonyl (C=O) groups is 4. The molecule has 0 aromatic heterocycles. The molecular formula is C36H53N3O7. The maximum Gasteiger partial charge on any atom is 0.408 e. The molecule has 2 rings (SSSR count). The van der Waals surface area contributed by atoms with Crippen molar-refractivity contribution in [3.05, 3.63) is 65.7 Å². The molecule has 46 heavy (non-hydrogen) atoms. The SMILES string of the molecule is CCCCN(C(=O)C(CC(C)C)NC(=O)OC(C)(C)C)C(C(=O)NC(Cc1ccccc1)C(=O)OC(C)(C)C)c1ccc(O)cc1. The number of nitrogens with one attached hydrogen (secondary N) is 2. The average Bonchev–Trinajstić information content (AvgIpc) is 2.93. The number of alkyl carbamates (subject to hydrolysis) is 1. The van der Waals surface area contributed by atoms with Crippen LogP contribution in [0.15, 0.2) is 54.6 Å². The van der Waals surface area contributed by atoms with Gasteiger partial charge in [0.25, 0.3) is 0 Å². The number of hydrogen-bond donors (Lipinski definition) is 3. The smallest absolute Gasteiger partial charge is 0.408 e. The second-order valence-corrected chi connectivity index (χ2v) is 14.0. The van der Waals surface area contributed by atoms with Gasteiger partial charge in [-0.1, -0.05) is 69.7 Å². The van der Waals surface area contributed by atoms with Gasteiger partial charge in [0.1, 0.15) is 35.1 Å². The largest absolute Gasteiger partial charge is 0.508 e. The summed E-state index contributed by atoms with van der Waals surface area (Å²) in [6, 6.07) is 12.1. The normalized spacial score (nSPS) is 13.7. The van der Waals surface area contributed by atoms with Crippen LogP contribution in [0.4, 0.5) is 4.79 Å². The maximum atomic E-state index is 14.4. The number of nitrogens with zero attached hydrogens (tertiary/aromatic N) is 1. The third kappa shape index (κ3) is 13.1. The maximum absolute atomic E-state index is 14.4. The molecule has 0 bridgehead atoms. The van der Waals surface area contributed by atoms with E-state index in [-0.39, 0.29) is 24.6 Å². The molecule has 3 unspecified atom stereocenters. The van der Waals surface area contributed by atoms with Crippen molar-refractivity contribution in [2.45, 2.75) is 117 Å². The van der Waals surface area contributed by atoms with Crippen LogP contribution < -0.4 is 10.6 Å². The van der Waals surface area contributed by atoms with Gasteiger partial charge in [0.15, 0.2) is 0 Å². The Kier molecular flexibility index (Phi) is 14.1. The number of aromatic hydroxyl groups is 1. The van der Waals surface area contributed by atoms with Gasteiger partial charge in [0.05, 0.1) is 0 Å². The van der Waals surface area contributed by atoms with Crippen molar-refractivity contribution in [2.24, 2.45) is 5.92 Å². The van der Waals surface area contributed by atoms with Gasteiger partial charge in [-0.2, -0.15) is 0 Å². The van der Waals surface area contributed by atoms with E-state index in [0.29, 0.717) is 18.4 Å². The van der Waals surface area contributed by atoms with E-state index in [0.717, 1.165) is 12.0 Å². The molecule has 0 aliphatic carbocycles. The Balaban J connectivity index is 2.59. The Morgan fingerprint density at radius 1 is 0.826 bits per heavy atom. The van der Waals surface area contributed by atoms with E-state index in [1.54, 1.807) is 53.7 Å². The van der Waals surface area contributed by atoms with Crippen molar-refractivity contribution in [3.8, 4) is 5.75 Å². The lowest BCUT2D eigenvalue weighted by Crippen LogP contribution is -2.55. The van der Waals surface area contributed by atoms with Crippen LogP contribution in [0.5, 0.6) is 5.75 Å². The first kappa shape index (κ1) is 38.1. The zero-order valence-electron chi connectivity index (χ0n) is 28.9. The predicted octanol–water partition coefficient (Wildman–Crippen LogP) is 6.07. The van der Waals surface area contributed by atoms with E-state index >= 15 is 0 Å². The molecule has 0 saturated heterocycles. The van der Waals surface area contributed by atoms with Gasteiger partial charge in [0, 0.05) is 13.0 Å². The Morgan fingerprint density at radius 2 is 1.41 bits per heavy atom. The Hall–Kier alpha value is -4.08. The van der Waals surface area contributed by atoms with Crippen LogP contribution in [0, 0.1) is 5.92 Å². The topological polar surface area (TPSA) is 134 Å². The van der Waals surface area contributed by atoms with Gasteiger partial charge in [-0.05, 0) is 83.6 Å². The summed E-state index contributed by atoms with van der Waals surface area (Å²) in [5.41, 5.74) is -0.324. The Bertz CT molecular complexity index is 1280. The van der Waals surface area contributed by atoms with Crippen LogP contribution >= 0.6 is 0 Å². The first-order valence-corrected chi connectivity index (χ1v) is 16.1. The summed E-state index contributed by atoms with van der Waals surface area (Å²) < 4.78 is 11.1. The molecule has 0 heterocycles. The molecule has 0 saturated carbocycles. The third-order valence-corrected chi connectivity index (χ3v) is 6.79. The molecule has 2 aromatic carbocycles. The van der Waals surface area contributed by atoms with Crippen molar-refractivity contribution in [3.63, 3.8) is 0 Å². The highest BCUT2D eigenvalue weighted by molar-refractivity contribution is 5.94. The van der Waals surface area contributed by atoms with Crippen LogP contribution in [0.3, 0.4) is 0 Å². The van der Waals surface area contributed by atoms with Crippen LogP contribution in [0.1, 0.15) is 98.7 Å². The molecule has 0 fully saturated rings. The number of phenolic OH excluding ortho intramolecular Hbond substituents is 1. The van der Waals surface area contributed by atoms with Crippen LogP contribution in [-0.4, -0.2) is 63.7 Å². The number of ether oxygens (including phenoxy) is 2. The number of hydrogen-bond acceptors (Lipinski definition) is 7. The first-order valence-electron chi connectivity index (χ1n) is 16.1. The van der Waals surface area contributed by atoms with Crippen molar-refractivity contribution in [2.75, 3.05) is 6.54 Å². The van der Waals surface area contributed by atoms with Crippen molar-refractivity contribution >= 4 is 23.9 Å². The van der Waals surface area contributed by atoms with E-state index in [2.05, 4.69) is 10.6 Å². The third-order valence-electron chi connectivity index (χ3n) is 6.79. The highest BCUT2D eigenvalue weighted by Crippen LogP contribution is 2.27. The first-order chi connectivity index (χ1) is 21.4. The quantitative estimate of drug-likeness (QED) is 0.214. The summed E-state index contributed by atoms with van der Waals surface area (Å²) in [5, 5.41) is 15.7. The van der Waals surface area contributed by atoms with Crippen molar-refractivity contribution < 1.29 is 33.8 Å². The summed E-state index contributed by atoms with van der Waals surface area (Å²) in [7, 11) is 0. The molecule has 0 aliphatic heterocycles. The van der Waals surface area contributed by atoms with Crippen LogP contribution in [-0.2, 0) is 30.3 Å². The van der Waals surface area contributed by atoms with E-state index in [4.69, 9.17) is 9.47 Å². The summed E-state index contributed by atoms with van der Waals surface area (Å²) in [5.74, 6) is -1.64. The van der Waals surface area contributed by atoms with E-state index < -0.39 is 53.2 Å². The average molecular weight is 640 g/mol. The highest BCUT2D eigenvalue weighted by atomic mass is 16.6. The fraction of sp³-hybridized carbons (Fsp3) is 0.556. The van der Waals surface area contributed by atoms with Crippen LogP contribution in [0.2, 0.25) is 0 Å². The summed E-state index contributed by atoms with van der Waals surface area (Å²) >= 11 is 0. The minimum absolute atomic E-state index is 0.00525. The lowest BCUT2D eigenvalue weighted by atomic mass is 9.98. The number of carbonyl (C=O) groups excluding carboxylic acids is 4. The fourth-order valence-electron chi connectivity index (χ4n) is 4.83.